The minimum Gasteiger partial charge on any atom is -0.459 e. The molecule has 1 aromatic heterocycles. The molecular formula is C18H20N4O5. The summed E-state index contributed by atoms with van der Waals surface area (Å²) in [7, 11) is 0. The van der Waals surface area contributed by atoms with Gasteiger partial charge in [0, 0.05) is 11.3 Å². The van der Waals surface area contributed by atoms with Crippen molar-refractivity contribution >= 4 is 17.0 Å². The highest BCUT2D eigenvalue weighted by Crippen LogP contribution is 2.41. The van der Waals surface area contributed by atoms with E-state index in [0.29, 0.717) is 34.4 Å². The van der Waals surface area contributed by atoms with E-state index in [0.717, 1.165) is 0 Å². The number of nitrogens with zero attached hydrogens (tertiary/aromatic N) is 3. The number of hydrogen-bond donors (Lipinski definition) is 1. The second kappa shape index (κ2) is 7.18. The molecule has 0 saturated heterocycles. The molecule has 1 N–H and O–H groups in total. The highest BCUT2D eigenvalue weighted by atomic mass is 16.6. The fourth-order valence-electron chi connectivity index (χ4n) is 3.19. The third-order valence-electron chi connectivity index (χ3n) is 4.65. The lowest BCUT2D eigenvalue weighted by atomic mass is 9.83. The van der Waals surface area contributed by atoms with Crippen LogP contribution in [0.5, 0.6) is 0 Å². The molecule has 0 bridgehead atoms. The maximum absolute atomic E-state index is 12.9. The average Bonchev–Trinajstić information content (AvgIpc) is 3.08. The monoisotopic (exact) mass is 372 g/mol. The number of aromatic nitrogens is 2. The Bertz CT molecular complexity index is 975. The molecule has 0 fully saturated rings. The molecule has 9 heteroatoms. The van der Waals surface area contributed by atoms with Gasteiger partial charge in [0.15, 0.2) is 0 Å². The lowest BCUT2D eigenvalue weighted by Crippen LogP contribution is -2.32. The topological polar surface area (TPSA) is 120 Å². The number of nitrogens with one attached hydrogen (secondary N) is 1. The van der Waals surface area contributed by atoms with E-state index in [4.69, 9.17) is 9.37 Å². The first-order chi connectivity index (χ1) is 12.8. The van der Waals surface area contributed by atoms with Crippen LogP contribution in [0.25, 0.3) is 11.0 Å². The van der Waals surface area contributed by atoms with E-state index in [9.17, 15) is 14.9 Å². The number of ether oxygens (including phenoxy) is 1. The number of fused-ring (bicyclic) bond motifs is 1. The van der Waals surface area contributed by atoms with Gasteiger partial charge in [-0.3, -0.25) is 10.1 Å². The molecule has 142 valence electrons. The maximum atomic E-state index is 12.9. The van der Waals surface area contributed by atoms with Crippen LogP contribution >= 0.6 is 0 Å². The molecule has 1 aromatic carbocycles. The second-order valence-corrected chi connectivity index (χ2v) is 6.47. The molecule has 0 radical (unpaired) electrons. The van der Waals surface area contributed by atoms with Gasteiger partial charge < -0.3 is 10.1 Å². The van der Waals surface area contributed by atoms with Gasteiger partial charge in [0.1, 0.15) is 17.0 Å². The van der Waals surface area contributed by atoms with E-state index >= 15 is 0 Å². The normalized spacial score (nSPS) is 18.4. The molecule has 0 spiro atoms. The van der Waals surface area contributed by atoms with Crippen LogP contribution in [0.15, 0.2) is 45.5 Å². The molecule has 2 aromatic rings. The molecule has 2 atom stereocenters. The summed E-state index contributed by atoms with van der Waals surface area (Å²) in [5.41, 5.74) is 2.21. The highest BCUT2D eigenvalue weighted by molar-refractivity contribution is 5.94. The van der Waals surface area contributed by atoms with E-state index in [-0.39, 0.29) is 17.4 Å². The van der Waals surface area contributed by atoms with Crippen LogP contribution in [0, 0.1) is 10.1 Å². The highest BCUT2D eigenvalue weighted by Gasteiger charge is 2.42. The number of hydrogen-bond acceptors (Lipinski definition) is 8. The van der Waals surface area contributed by atoms with Gasteiger partial charge in [0.05, 0.1) is 22.3 Å². The Morgan fingerprint density at radius 2 is 2.11 bits per heavy atom. The Hall–Kier alpha value is -3.23. The minimum absolute atomic E-state index is 0.132. The SMILES string of the molecule is CCC(C)OC(=O)C1=C(C)NC(C)=C([N+](=O)[O-])[C@@H]1c1cccc2nonc12. The van der Waals surface area contributed by atoms with Gasteiger partial charge in [-0.15, -0.1) is 0 Å². The first-order valence-corrected chi connectivity index (χ1v) is 8.60. The number of carbonyl (C=O) groups excluding carboxylic acids is 1. The van der Waals surface area contributed by atoms with Crippen LogP contribution < -0.4 is 5.32 Å². The van der Waals surface area contributed by atoms with Crippen LogP contribution in [0.3, 0.4) is 0 Å². The van der Waals surface area contributed by atoms with Crippen LogP contribution in [-0.4, -0.2) is 27.3 Å². The number of carbonyl (C=O) groups is 1. The molecule has 1 aliphatic heterocycles. The van der Waals surface area contributed by atoms with Crippen LogP contribution in [0.4, 0.5) is 0 Å². The van der Waals surface area contributed by atoms with Crippen molar-refractivity contribution in [3.63, 3.8) is 0 Å². The standard InChI is InChI=1S/C18H20N4O5/c1-5-9(2)26-18(23)14-10(3)19-11(4)17(22(24)25)15(14)12-7-6-8-13-16(12)21-27-20-13/h6-9,15,19H,5H2,1-4H3/t9?,15-/m1/s1. The van der Waals surface area contributed by atoms with Crippen LogP contribution in [0.2, 0.25) is 0 Å². The summed E-state index contributed by atoms with van der Waals surface area (Å²) in [4.78, 5) is 24.3. The van der Waals surface area contributed by atoms with E-state index in [1.165, 1.54) is 0 Å². The lowest BCUT2D eigenvalue weighted by Gasteiger charge is -2.27. The zero-order chi connectivity index (χ0) is 19.7. The third-order valence-corrected chi connectivity index (χ3v) is 4.65. The number of rotatable bonds is 5. The second-order valence-electron chi connectivity index (χ2n) is 6.47. The van der Waals surface area contributed by atoms with Crippen LogP contribution in [-0.2, 0) is 9.53 Å². The molecule has 0 amide bonds. The van der Waals surface area contributed by atoms with Crippen molar-refractivity contribution in [1.29, 1.82) is 0 Å². The fraction of sp³-hybridized carbons (Fsp3) is 0.389. The number of dihydropyridines is 1. The molecule has 3 rings (SSSR count). The molecule has 0 saturated carbocycles. The van der Waals surface area contributed by atoms with Crippen molar-refractivity contribution in [1.82, 2.24) is 15.6 Å². The van der Waals surface area contributed by atoms with Crippen molar-refractivity contribution in [2.45, 2.75) is 46.1 Å². The van der Waals surface area contributed by atoms with Crippen molar-refractivity contribution < 1.29 is 19.1 Å². The number of esters is 1. The molecular weight excluding hydrogens is 352 g/mol. The summed E-state index contributed by atoms with van der Waals surface area (Å²) >= 11 is 0. The van der Waals surface area contributed by atoms with Gasteiger partial charge in [-0.25, -0.2) is 9.42 Å². The largest absolute Gasteiger partial charge is 0.459 e. The van der Waals surface area contributed by atoms with Gasteiger partial charge in [-0.05, 0) is 43.6 Å². The summed E-state index contributed by atoms with van der Waals surface area (Å²) in [6, 6.07) is 5.07. The minimum atomic E-state index is -0.951. The molecule has 27 heavy (non-hydrogen) atoms. The summed E-state index contributed by atoms with van der Waals surface area (Å²) in [5.74, 6) is -1.55. The van der Waals surface area contributed by atoms with Crippen molar-refractivity contribution in [3.8, 4) is 0 Å². The number of nitro groups is 1. The Balaban J connectivity index is 2.21. The lowest BCUT2D eigenvalue weighted by molar-refractivity contribution is -0.431. The maximum Gasteiger partial charge on any atom is 0.337 e. The number of allylic oxidation sites excluding steroid dienone is 3. The first kappa shape index (κ1) is 18.6. The predicted octanol–water partition coefficient (Wildman–Crippen LogP) is 3.03. The van der Waals surface area contributed by atoms with E-state index in [2.05, 4.69) is 15.6 Å². The molecule has 2 heterocycles. The predicted molar refractivity (Wildman–Crippen MR) is 95.9 cm³/mol. The van der Waals surface area contributed by atoms with Gasteiger partial charge in [-0.2, -0.15) is 0 Å². The zero-order valence-corrected chi connectivity index (χ0v) is 15.5. The molecule has 1 unspecified atom stereocenters. The number of benzene rings is 1. The Morgan fingerprint density at radius 1 is 1.37 bits per heavy atom. The summed E-state index contributed by atoms with van der Waals surface area (Å²) in [5, 5.41) is 22.5. The fourth-order valence-corrected chi connectivity index (χ4v) is 3.19. The van der Waals surface area contributed by atoms with Gasteiger partial charge in [-0.1, -0.05) is 19.1 Å². The molecule has 1 aliphatic rings. The van der Waals surface area contributed by atoms with Gasteiger partial charge in [0.25, 0.3) is 5.70 Å². The summed E-state index contributed by atoms with van der Waals surface area (Å²) in [6.07, 6.45) is 0.324. The summed E-state index contributed by atoms with van der Waals surface area (Å²) in [6.45, 7) is 6.97. The Kier molecular flexibility index (Phi) is 4.93. The third kappa shape index (κ3) is 3.27. The Morgan fingerprint density at radius 3 is 2.78 bits per heavy atom. The zero-order valence-electron chi connectivity index (χ0n) is 15.5. The summed E-state index contributed by atoms with van der Waals surface area (Å²) < 4.78 is 10.3. The molecule has 0 aliphatic carbocycles. The van der Waals surface area contributed by atoms with Gasteiger partial charge in [0.2, 0.25) is 0 Å². The van der Waals surface area contributed by atoms with E-state index in [1.54, 1.807) is 39.0 Å². The van der Waals surface area contributed by atoms with E-state index in [1.807, 2.05) is 6.92 Å². The van der Waals surface area contributed by atoms with Crippen LogP contribution in [0.1, 0.15) is 45.6 Å². The quantitative estimate of drug-likeness (QED) is 0.483. The first-order valence-electron chi connectivity index (χ1n) is 8.60. The van der Waals surface area contributed by atoms with Crippen molar-refractivity contribution in [2.24, 2.45) is 0 Å². The van der Waals surface area contributed by atoms with E-state index < -0.39 is 16.8 Å². The van der Waals surface area contributed by atoms with Gasteiger partial charge >= 0.3 is 5.97 Å². The smallest absolute Gasteiger partial charge is 0.337 e. The molecule has 9 nitrogen and oxygen atoms in total. The van der Waals surface area contributed by atoms with Crippen molar-refractivity contribution in [3.05, 3.63) is 56.5 Å². The average molecular weight is 372 g/mol. The van der Waals surface area contributed by atoms with Crippen molar-refractivity contribution in [2.75, 3.05) is 0 Å². The Labute approximate surface area is 155 Å².